The molecule has 3 aromatic rings. The van der Waals surface area contributed by atoms with Crippen LogP contribution in [0.3, 0.4) is 0 Å². The summed E-state index contributed by atoms with van der Waals surface area (Å²) < 4.78 is 9.20. The molecule has 0 N–H and O–H groups in total. The molecule has 2 aromatic heterocycles. The van der Waals surface area contributed by atoms with E-state index in [1.165, 1.54) is 0 Å². The van der Waals surface area contributed by atoms with E-state index in [-0.39, 0.29) is 24.2 Å². The maximum atomic E-state index is 13.6. The van der Waals surface area contributed by atoms with Crippen LogP contribution in [0.5, 0.6) is 0 Å². The second-order valence-corrected chi connectivity index (χ2v) is 10.1. The second kappa shape index (κ2) is 9.85. The van der Waals surface area contributed by atoms with Crippen LogP contribution >= 0.6 is 0 Å². The molecule has 3 heterocycles. The number of hydrogen-bond acceptors (Lipinski definition) is 7. The molecular weight excluding hydrogens is 458 g/mol. The number of esters is 1. The first-order valence-corrected chi connectivity index (χ1v) is 11.8. The van der Waals surface area contributed by atoms with Gasteiger partial charge in [0, 0.05) is 38.7 Å². The van der Waals surface area contributed by atoms with Gasteiger partial charge >= 0.3 is 5.97 Å². The third-order valence-electron chi connectivity index (χ3n) is 6.05. The van der Waals surface area contributed by atoms with Crippen molar-refractivity contribution >= 4 is 17.6 Å². The van der Waals surface area contributed by atoms with Crippen LogP contribution in [0.1, 0.15) is 48.1 Å². The number of hydrogen-bond donors (Lipinski definition) is 0. The van der Waals surface area contributed by atoms with Gasteiger partial charge in [0.15, 0.2) is 0 Å². The zero-order valence-electron chi connectivity index (χ0n) is 21.3. The summed E-state index contributed by atoms with van der Waals surface area (Å²) in [6, 6.07) is 7.45. The maximum absolute atomic E-state index is 13.6. The second-order valence-electron chi connectivity index (χ2n) is 10.1. The number of carbonyl (C=O) groups is 2. The summed E-state index contributed by atoms with van der Waals surface area (Å²) in [5.74, 6) is -0.826. The van der Waals surface area contributed by atoms with Crippen molar-refractivity contribution in [2.75, 3.05) is 18.0 Å². The quantitative estimate of drug-likeness (QED) is 0.489. The van der Waals surface area contributed by atoms with Gasteiger partial charge in [0.1, 0.15) is 17.8 Å². The van der Waals surface area contributed by atoms with Gasteiger partial charge in [-0.1, -0.05) is 0 Å². The lowest BCUT2D eigenvalue weighted by atomic mass is 9.94. The van der Waals surface area contributed by atoms with Gasteiger partial charge in [-0.2, -0.15) is 5.26 Å². The van der Waals surface area contributed by atoms with E-state index >= 15 is 0 Å². The number of carbonyl (C=O) groups excluding carboxylic acids is 2. The van der Waals surface area contributed by atoms with Gasteiger partial charge in [-0.3, -0.25) is 9.59 Å². The summed E-state index contributed by atoms with van der Waals surface area (Å²) in [7, 11) is 3.72. The maximum Gasteiger partial charge on any atom is 0.326 e. The molecule has 0 spiro atoms. The number of nitriles is 1. The molecule has 10 nitrogen and oxygen atoms in total. The van der Waals surface area contributed by atoms with Crippen molar-refractivity contribution in [2.24, 2.45) is 14.1 Å². The summed E-state index contributed by atoms with van der Waals surface area (Å²) >= 11 is 0. The minimum atomic E-state index is -0.677. The Labute approximate surface area is 210 Å². The fraction of sp³-hybridized carbons (Fsp3) is 0.423. The number of aryl methyl sites for hydroxylation is 2. The highest BCUT2D eigenvalue weighted by molar-refractivity contribution is 5.94. The van der Waals surface area contributed by atoms with Crippen molar-refractivity contribution in [1.29, 1.82) is 5.26 Å². The predicted octanol–water partition coefficient (Wildman–Crippen LogP) is 2.44. The number of anilines is 1. The van der Waals surface area contributed by atoms with Crippen molar-refractivity contribution in [3.8, 4) is 6.07 Å². The number of aromatic nitrogens is 4. The van der Waals surface area contributed by atoms with E-state index in [1.807, 2.05) is 29.9 Å². The van der Waals surface area contributed by atoms with Gasteiger partial charge in [0.25, 0.3) is 5.91 Å². The topological polar surface area (TPSA) is 109 Å². The van der Waals surface area contributed by atoms with Crippen LogP contribution < -0.4 is 4.90 Å². The lowest BCUT2D eigenvalue weighted by molar-refractivity contribution is -0.156. The Balaban J connectivity index is 1.71. The lowest BCUT2D eigenvalue weighted by Crippen LogP contribution is -2.53. The molecule has 1 aromatic carbocycles. The Bertz CT molecular complexity index is 1310. The van der Waals surface area contributed by atoms with E-state index in [1.54, 1.807) is 62.2 Å². The Morgan fingerprint density at radius 3 is 2.64 bits per heavy atom. The van der Waals surface area contributed by atoms with Crippen molar-refractivity contribution < 1.29 is 14.3 Å². The first-order valence-electron chi connectivity index (χ1n) is 11.8. The number of fused-ring (bicyclic) bond motifs is 1. The number of imidazole rings is 2. The van der Waals surface area contributed by atoms with Crippen molar-refractivity contribution in [3.63, 3.8) is 0 Å². The van der Waals surface area contributed by atoms with Gasteiger partial charge < -0.3 is 23.7 Å². The molecule has 0 aliphatic carbocycles. The minimum Gasteiger partial charge on any atom is -0.459 e. The lowest BCUT2D eigenvalue weighted by Gasteiger charge is -2.41. The number of nitrogens with zero attached hydrogens (tertiary/aromatic N) is 7. The van der Waals surface area contributed by atoms with Crippen LogP contribution in [0.2, 0.25) is 0 Å². The average Bonchev–Trinajstić information content (AvgIpc) is 3.43. The molecule has 36 heavy (non-hydrogen) atoms. The summed E-state index contributed by atoms with van der Waals surface area (Å²) in [5, 5.41) is 9.48. The fourth-order valence-electron chi connectivity index (χ4n) is 4.44. The third kappa shape index (κ3) is 5.57. The van der Waals surface area contributed by atoms with Gasteiger partial charge in [-0.15, -0.1) is 0 Å². The minimum absolute atomic E-state index is 0.204. The smallest absolute Gasteiger partial charge is 0.326 e. The molecule has 0 radical (unpaired) electrons. The third-order valence-corrected chi connectivity index (χ3v) is 6.05. The van der Waals surface area contributed by atoms with Gasteiger partial charge in [0.05, 0.1) is 42.6 Å². The van der Waals surface area contributed by atoms with Gasteiger partial charge in [0.2, 0.25) is 0 Å². The van der Waals surface area contributed by atoms with Crippen LogP contribution in [0.25, 0.3) is 0 Å². The summed E-state index contributed by atoms with van der Waals surface area (Å²) in [6.07, 6.45) is 7.25. The normalized spacial score (nSPS) is 15.2. The first kappa shape index (κ1) is 25.0. The van der Waals surface area contributed by atoms with E-state index < -0.39 is 11.6 Å². The van der Waals surface area contributed by atoms with E-state index in [0.717, 1.165) is 16.9 Å². The molecule has 4 rings (SSSR count). The fourth-order valence-corrected chi connectivity index (χ4v) is 4.44. The molecule has 1 aliphatic rings. The van der Waals surface area contributed by atoms with Crippen LogP contribution in [0.4, 0.5) is 5.69 Å². The van der Waals surface area contributed by atoms with Gasteiger partial charge in [-0.25, -0.2) is 9.97 Å². The predicted molar refractivity (Wildman–Crippen MR) is 133 cm³/mol. The zero-order chi connectivity index (χ0) is 26.0. The Morgan fingerprint density at radius 2 is 2.03 bits per heavy atom. The number of amides is 1. The van der Waals surface area contributed by atoms with Crippen molar-refractivity contribution in [1.82, 2.24) is 24.0 Å². The van der Waals surface area contributed by atoms with E-state index in [2.05, 4.69) is 20.9 Å². The van der Waals surface area contributed by atoms with E-state index in [4.69, 9.17) is 4.74 Å². The van der Waals surface area contributed by atoms with E-state index in [0.29, 0.717) is 25.1 Å². The Hall–Kier alpha value is -4.13. The molecule has 0 fully saturated rings. The largest absolute Gasteiger partial charge is 0.459 e. The Morgan fingerprint density at radius 1 is 1.25 bits per heavy atom. The summed E-state index contributed by atoms with van der Waals surface area (Å²) in [4.78, 5) is 38.7. The molecule has 0 saturated heterocycles. The highest BCUT2D eigenvalue weighted by Crippen LogP contribution is 2.32. The van der Waals surface area contributed by atoms with Crippen molar-refractivity contribution in [3.05, 3.63) is 65.8 Å². The molecule has 188 valence electrons. The molecule has 10 heteroatoms. The molecular formula is C26H31N7O3. The van der Waals surface area contributed by atoms with Gasteiger partial charge in [-0.05, 0) is 51.0 Å². The summed E-state index contributed by atoms with van der Waals surface area (Å²) in [5.41, 5.74) is 3.06. The molecule has 0 bridgehead atoms. The molecule has 1 aliphatic heterocycles. The number of ether oxygens (including phenoxy) is 1. The van der Waals surface area contributed by atoms with Crippen LogP contribution in [-0.2, 0) is 36.6 Å². The highest BCUT2D eigenvalue weighted by Gasteiger charge is 2.35. The zero-order valence-corrected chi connectivity index (χ0v) is 21.3. The number of rotatable bonds is 6. The first-order chi connectivity index (χ1) is 17.0. The molecule has 1 amide bonds. The highest BCUT2D eigenvalue weighted by atomic mass is 16.6. The SMILES string of the molecule is Cn1cnc(C(=O)N(CC(=O)OC(C)(C)C)C2Cc3cc(C#N)ccc3N(Cc3cncn3C)C2)c1. The molecule has 1 unspecified atom stereocenters. The van der Waals surface area contributed by atoms with Crippen LogP contribution in [0.15, 0.2) is 43.2 Å². The monoisotopic (exact) mass is 489 g/mol. The molecule has 0 saturated carbocycles. The average molecular weight is 490 g/mol. The molecule has 1 atom stereocenters. The summed E-state index contributed by atoms with van der Waals surface area (Å²) in [6.45, 7) is 6.24. The van der Waals surface area contributed by atoms with Crippen LogP contribution in [-0.4, -0.2) is 60.6 Å². The number of benzene rings is 1. The standard InChI is InChI=1S/C26H31N7O3/c1-26(2,3)36-24(34)15-33(25(35)22-14-30(4)17-29-22)20-9-19-8-18(10-27)6-7-23(19)32(12-20)13-21-11-28-16-31(21)5/h6-8,11,14,16-17,20H,9,12-13,15H2,1-5H3. The van der Waals surface area contributed by atoms with E-state index in [9.17, 15) is 14.9 Å². The van der Waals surface area contributed by atoms with Crippen LogP contribution in [0, 0.1) is 11.3 Å². The Kier molecular flexibility index (Phi) is 6.84. The van der Waals surface area contributed by atoms with Crippen molar-refractivity contribution in [2.45, 2.75) is 45.4 Å².